The Morgan fingerprint density at radius 3 is 2.37 bits per heavy atom. The van der Waals surface area contributed by atoms with E-state index in [1.165, 1.54) is 0 Å². The van der Waals surface area contributed by atoms with Crippen LogP contribution in [-0.4, -0.2) is 10.1 Å². The van der Waals surface area contributed by atoms with Gasteiger partial charge in [-0.3, -0.25) is 4.98 Å². The number of hydrogen-bond donors (Lipinski definition) is 1. The molecule has 0 saturated carbocycles. The lowest BCUT2D eigenvalue weighted by molar-refractivity contribution is 0.199. The maximum atomic E-state index is 9.99. The molecule has 0 fully saturated rings. The van der Waals surface area contributed by atoms with Gasteiger partial charge in [-0.2, -0.15) is 0 Å². The molecule has 19 heavy (non-hydrogen) atoms. The Morgan fingerprint density at radius 2 is 1.63 bits per heavy atom. The van der Waals surface area contributed by atoms with Crippen LogP contribution in [0.5, 0.6) is 0 Å². The highest BCUT2D eigenvalue weighted by atomic mass is 16.3. The van der Waals surface area contributed by atoms with Gasteiger partial charge in [-0.25, -0.2) is 0 Å². The van der Waals surface area contributed by atoms with Crippen LogP contribution in [0.3, 0.4) is 0 Å². The number of rotatable bonds is 2. The monoisotopic (exact) mass is 249 g/mol. The second-order valence-corrected chi connectivity index (χ2v) is 4.65. The summed E-state index contributed by atoms with van der Waals surface area (Å²) < 4.78 is 0. The van der Waals surface area contributed by atoms with E-state index in [2.05, 4.69) is 23.2 Å². The molecule has 1 atom stereocenters. The van der Waals surface area contributed by atoms with Crippen molar-refractivity contribution in [3.8, 4) is 11.1 Å². The van der Waals surface area contributed by atoms with Gasteiger partial charge in [-0.15, -0.1) is 0 Å². The van der Waals surface area contributed by atoms with E-state index in [0.717, 1.165) is 27.6 Å². The third-order valence-corrected chi connectivity index (χ3v) is 3.32. The summed E-state index contributed by atoms with van der Waals surface area (Å²) in [5, 5.41) is 11.1. The fourth-order valence-electron chi connectivity index (χ4n) is 2.40. The molecule has 1 heterocycles. The molecule has 0 aliphatic heterocycles. The average molecular weight is 249 g/mol. The molecule has 0 saturated heterocycles. The molecule has 2 nitrogen and oxygen atoms in total. The van der Waals surface area contributed by atoms with Crippen LogP contribution in [0.15, 0.2) is 60.8 Å². The molecular weight excluding hydrogens is 234 g/mol. The molecule has 2 aromatic carbocycles. The van der Waals surface area contributed by atoms with Crippen LogP contribution < -0.4 is 0 Å². The minimum absolute atomic E-state index is 0.535. The lowest BCUT2D eigenvalue weighted by Crippen LogP contribution is -1.98. The van der Waals surface area contributed by atoms with Gasteiger partial charge in [-0.1, -0.05) is 48.5 Å². The number of aliphatic hydroxyl groups excluding tert-OH is 1. The Kier molecular flexibility index (Phi) is 3.02. The molecule has 0 aliphatic carbocycles. The molecular formula is C17H15NO. The molecule has 2 heteroatoms. The quantitative estimate of drug-likeness (QED) is 0.745. The van der Waals surface area contributed by atoms with Crippen molar-refractivity contribution in [2.24, 2.45) is 0 Å². The van der Waals surface area contributed by atoms with Crippen molar-refractivity contribution in [3.05, 3.63) is 66.4 Å². The molecule has 0 aliphatic rings. The van der Waals surface area contributed by atoms with Crippen LogP contribution in [0.1, 0.15) is 18.6 Å². The number of nitrogens with zero attached hydrogens (tertiary/aromatic N) is 1. The highest BCUT2D eigenvalue weighted by Gasteiger charge is 2.13. The second-order valence-electron chi connectivity index (χ2n) is 4.65. The minimum atomic E-state index is -0.535. The highest BCUT2D eigenvalue weighted by Crippen LogP contribution is 2.33. The summed E-state index contributed by atoms with van der Waals surface area (Å²) in [6.07, 6.45) is 1.24. The third kappa shape index (κ3) is 2.11. The maximum absolute atomic E-state index is 9.99. The first-order valence-electron chi connectivity index (χ1n) is 6.38. The largest absolute Gasteiger partial charge is 0.389 e. The number of aliphatic hydroxyl groups is 1. The zero-order valence-electron chi connectivity index (χ0n) is 10.7. The van der Waals surface area contributed by atoms with E-state index in [9.17, 15) is 5.11 Å². The molecule has 1 N–H and O–H groups in total. The third-order valence-electron chi connectivity index (χ3n) is 3.32. The smallest absolute Gasteiger partial charge is 0.0783 e. The average Bonchev–Trinajstić information content (AvgIpc) is 2.46. The maximum Gasteiger partial charge on any atom is 0.0783 e. The first-order valence-corrected chi connectivity index (χ1v) is 6.38. The predicted octanol–water partition coefficient (Wildman–Crippen LogP) is 3.96. The molecule has 0 spiro atoms. The minimum Gasteiger partial charge on any atom is -0.389 e. The van der Waals surface area contributed by atoms with E-state index < -0.39 is 6.10 Å². The van der Waals surface area contributed by atoms with Crippen molar-refractivity contribution in [2.75, 3.05) is 0 Å². The molecule has 0 radical (unpaired) electrons. The lowest BCUT2D eigenvalue weighted by Gasteiger charge is -2.14. The van der Waals surface area contributed by atoms with Crippen molar-refractivity contribution in [2.45, 2.75) is 13.0 Å². The Morgan fingerprint density at radius 1 is 0.947 bits per heavy atom. The summed E-state index contributed by atoms with van der Waals surface area (Å²) in [4.78, 5) is 4.43. The van der Waals surface area contributed by atoms with Gasteiger partial charge in [-0.05, 0) is 24.1 Å². The lowest BCUT2D eigenvalue weighted by atomic mass is 9.94. The summed E-state index contributed by atoms with van der Waals surface area (Å²) in [7, 11) is 0. The Balaban J connectivity index is 2.39. The molecule has 0 bridgehead atoms. The molecule has 3 aromatic rings. The zero-order valence-corrected chi connectivity index (χ0v) is 10.7. The van der Waals surface area contributed by atoms with E-state index in [1.807, 2.05) is 36.4 Å². The Hall–Kier alpha value is -2.19. The summed E-state index contributed by atoms with van der Waals surface area (Å²) in [6.45, 7) is 1.78. The van der Waals surface area contributed by atoms with E-state index in [4.69, 9.17) is 0 Å². The Bertz CT molecular complexity index is 705. The van der Waals surface area contributed by atoms with Gasteiger partial charge < -0.3 is 5.11 Å². The van der Waals surface area contributed by atoms with Crippen LogP contribution in [0.2, 0.25) is 0 Å². The number of benzene rings is 2. The first kappa shape index (κ1) is 11.9. The van der Waals surface area contributed by atoms with Crippen molar-refractivity contribution < 1.29 is 5.11 Å². The standard InChI is InChI=1S/C17H15NO/c1-12(19)15-11-18-16-10-6-5-9-14(16)17(15)13-7-3-2-4-8-13/h2-12,19H,1H3/t12-/m0/s1. The van der Waals surface area contributed by atoms with Crippen LogP contribution in [0.4, 0.5) is 0 Å². The molecule has 94 valence electrons. The second kappa shape index (κ2) is 4.82. The van der Waals surface area contributed by atoms with E-state index >= 15 is 0 Å². The van der Waals surface area contributed by atoms with Crippen LogP contribution >= 0.6 is 0 Å². The number of para-hydroxylation sites is 1. The van der Waals surface area contributed by atoms with Crippen molar-refractivity contribution in [1.82, 2.24) is 4.98 Å². The van der Waals surface area contributed by atoms with Gasteiger partial charge in [0.2, 0.25) is 0 Å². The molecule has 0 unspecified atom stereocenters. The predicted molar refractivity (Wildman–Crippen MR) is 77.8 cm³/mol. The SMILES string of the molecule is C[C@H](O)c1cnc2ccccc2c1-c1ccccc1. The van der Waals surface area contributed by atoms with Crippen molar-refractivity contribution in [3.63, 3.8) is 0 Å². The highest BCUT2D eigenvalue weighted by molar-refractivity contribution is 5.96. The Labute approximate surface area is 112 Å². The van der Waals surface area contributed by atoms with E-state index in [-0.39, 0.29) is 0 Å². The van der Waals surface area contributed by atoms with Crippen LogP contribution in [-0.2, 0) is 0 Å². The van der Waals surface area contributed by atoms with Gasteiger partial charge in [0, 0.05) is 17.1 Å². The molecule has 0 amide bonds. The normalized spacial score (nSPS) is 12.5. The van der Waals surface area contributed by atoms with Crippen LogP contribution in [0, 0.1) is 0 Å². The first-order chi connectivity index (χ1) is 9.27. The molecule has 1 aromatic heterocycles. The number of fused-ring (bicyclic) bond motifs is 1. The van der Waals surface area contributed by atoms with Crippen molar-refractivity contribution >= 4 is 10.9 Å². The zero-order chi connectivity index (χ0) is 13.2. The summed E-state index contributed by atoms with van der Waals surface area (Å²) in [5.74, 6) is 0. The van der Waals surface area contributed by atoms with Gasteiger partial charge in [0.25, 0.3) is 0 Å². The van der Waals surface area contributed by atoms with Crippen LogP contribution in [0.25, 0.3) is 22.0 Å². The number of aromatic nitrogens is 1. The van der Waals surface area contributed by atoms with E-state index in [0.29, 0.717) is 0 Å². The number of hydrogen-bond acceptors (Lipinski definition) is 2. The van der Waals surface area contributed by atoms with Gasteiger partial charge >= 0.3 is 0 Å². The fourth-order valence-corrected chi connectivity index (χ4v) is 2.40. The van der Waals surface area contributed by atoms with Gasteiger partial charge in [0.15, 0.2) is 0 Å². The summed E-state index contributed by atoms with van der Waals surface area (Å²) in [6, 6.07) is 18.2. The number of pyridine rings is 1. The topological polar surface area (TPSA) is 33.1 Å². The van der Waals surface area contributed by atoms with Gasteiger partial charge in [0.05, 0.1) is 11.6 Å². The summed E-state index contributed by atoms with van der Waals surface area (Å²) in [5.41, 5.74) is 3.99. The fraction of sp³-hybridized carbons (Fsp3) is 0.118. The molecule has 3 rings (SSSR count). The van der Waals surface area contributed by atoms with Crippen molar-refractivity contribution in [1.29, 1.82) is 0 Å². The summed E-state index contributed by atoms with van der Waals surface area (Å²) >= 11 is 0. The van der Waals surface area contributed by atoms with E-state index in [1.54, 1.807) is 13.1 Å². The van der Waals surface area contributed by atoms with Gasteiger partial charge in [0.1, 0.15) is 0 Å².